The van der Waals surface area contributed by atoms with Gasteiger partial charge in [0.05, 0.1) is 12.7 Å². The molecule has 0 amide bonds. The van der Waals surface area contributed by atoms with Crippen LogP contribution in [0, 0.1) is 12.3 Å². The van der Waals surface area contributed by atoms with Gasteiger partial charge in [0.15, 0.2) is 0 Å². The van der Waals surface area contributed by atoms with E-state index in [0.29, 0.717) is 6.10 Å². The summed E-state index contributed by atoms with van der Waals surface area (Å²) in [6.45, 7) is 11.8. The Bertz CT molecular complexity index is 382. The minimum Gasteiger partial charge on any atom is -0.373 e. The van der Waals surface area contributed by atoms with Crippen LogP contribution in [0.1, 0.15) is 31.4 Å². The van der Waals surface area contributed by atoms with Crippen LogP contribution in [0.5, 0.6) is 0 Å². The fourth-order valence-corrected chi connectivity index (χ4v) is 2.02. The minimum atomic E-state index is 0.121. The van der Waals surface area contributed by atoms with E-state index in [1.165, 1.54) is 16.7 Å². The SMILES string of the molecule is C=C(c1ccc(C)cc1)C(C)(C)C[C@@H]1CO1. The third-order valence-electron chi connectivity index (χ3n) is 3.36. The number of aryl methyl sites for hydroxylation is 1. The van der Waals surface area contributed by atoms with E-state index in [1.807, 2.05) is 0 Å². The van der Waals surface area contributed by atoms with E-state index in [1.54, 1.807) is 0 Å². The van der Waals surface area contributed by atoms with Gasteiger partial charge in [-0.2, -0.15) is 0 Å². The van der Waals surface area contributed by atoms with Crippen molar-refractivity contribution < 1.29 is 4.74 Å². The first kappa shape index (κ1) is 11.4. The molecule has 1 atom stereocenters. The molecule has 2 rings (SSSR count). The molecule has 0 N–H and O–H groups in total. The molecule has 0 aliphatic carbocycles. The first-order valence-electron chi connectivity index (χ1n) is 5.87. The van der Waals surface area contributed by atoms with Crippen LogP contribution in [0.4, 0.5) is 0 Å². The lowest BCUT2D eigenvalue weighted by Crippen LogP contribution is -2.16. The molecule has 86 valence electrons. The molecule has 16 heavy (non-hydrogen) atoms. The lowest BCUT2D eigenvalue weighted by atomic mass is 9.77. The number of benzene rings is 1. The summed E-state index contributed by atoms with van der Waals surface area (Å²) < 4.78 is 5.31. The second-order valence-electron chi connectivity index (χ2n) is 5.39. The molecule has 0 saturated carbocycles. The largest absolute Gasteiger partial charge is 0.373 e. The normalized spacial score (nSPS) is 19.6. The molecule has 1 aromatic carbocycles. The van der Waals surface area contributed by atoms with Gasteiger partial charge in [-0.3, -0.25) is 0 Å². The Morgan fingerprint density at radius 3 is 2.44 bits per heavy atom. The summed E-state index contributed by atoms with van der Waals surface area (Å²) in [7, 11) is 0. The van der Waals surface area contributed by atoms with Gasteiger partial charge >= 0.3 is 0 Å². The van der Waals surface area contributed by atoms with E-state index in [9.17, 15) is 0 Å². The number of ether oxygens (including phenoxy) is 1. The van der Waals surface area contributed by atoms with Crippen LogP contribution in [0.2, 0.25) is 0 Å². The van der Waals surface area contributed by atoms with Crippen LogP contribution < -0.4 is 0 Å². The third-order valence-corrected chi connectivity index (χ3v) is 3.36. The zero-order valence-corrected chi connectivity index (χ0v) is 10.4. The van der Waals surface area contributed by atoms with Crippen molar-refractivity contribution in [2.24, 2.45) is 5.41 Å². The van der Waals surface area contributed by atoms with E-state index in [0.717, 1.165) is 13.0 Å². The predicted molar refractivity (Wildman–Crippen MR) is 68.4 cm³/mol. The average molecular weight is 216 g/mol. The summed E-state index contributed by atoms with van der Waals surface area (Å²) >= 11 is 0. The highest BCUT2D eigenvalue weighted by Gasteiger charge is 2.33. The van der Waals surface area contributed by atoms with Gasteiger partial charge in [-0.1, -0.05) is 50.3 Å². The molecule has 0 spiro atoms. The molecule has 1 heteroatoms. The van der Waals surface area contributed by atoms with Crippen molar-refractivity contribution in [1.82, 2.24) is 0 Å². The van der Waals surface area contributed by atoms with Gasteiger partial charge < -0.3 is 4.74 Å². The van der Waals surface area contributed by atoms with Crippen molar-refractivity contribution in [1.29, 1.82) is 0 Å². The third kappa shape index (κ3) is 2.53. The molecular formula is C15H20O. The van der Waals surface area contributed by atoms with Crippen molar-refractivity contribution in [2.75, 3.05) is 6.61 Å². The maximum Gasteiger partial charge on any atom is 0.0818 e. The van der Waals surface area contributed by atoms with E-state index in [-0.39, 0.29) is 5.41 Å². The Balaban J connectivity index is 2.13. The fourth-order valence-electron chi connectivity index (χ4n) is 2.02. The molecule has 0 radical (unpaired) electrons. The maximum absolute atomic E-state index is 5.31. The Hall–Kier alpha value is -1.08. The topological polar surface area (TPSA) is 12.5 Å². The van der Waals surface area contributed by atoms with Gasteiger partial charge in [-0.15, -0.1) is 0 Å². The number of hydrogen-bond donors (Lipinski definition) is 0. The van der Waals surface area contributed by atoms with Crippen LogP contribution in [0.3, 0.4) is 0 Å². The van der Waals surface area contributed by atoms with Crippen molar-refractivity contribution in [3.63, 3.8) is 0 Å². The Kier molecular flexibility index (Phi) is 2.90. The highest BCUT2D eigenvalue weighted by molar-refractivity contribution is 5.67. The molecular weight excluding hydrogens is 196 g/mol. The van der Waals surface area contributed by atoms with Crippen LogP contribution in [-0.2, 0) is 4.74 Å². The van der Waals surface area contributed by atoms with Crippen molar-refractivity contribution >= 4 is 5.57 Å². The summed E-state index contributed by atoms with van der Waals surface area (Å²) in [5, 5.41) is 0. The molecule has 0 unspecified atom stereocenters. The Morgan fingerprint density at radius 2 is 1.94 bits per heavy atom. The van der Waals surface area contributed by atoms with Crippen LogP contribution >= 0.6 is 0 Å². The first-order chi connectivity index (χ1) is 7.49. The molecule has 1 heterocycles. The molecule has 1 aromatic rings. The van der Waals surface area contributed by atoms with E-state index < -0.39 is 0 Å². The van der Waals surface area contributed by atoms with E-state index >= 15 is 0 Å². The molecule has 1 aliphatic heterocycles. The number of epoxide rings is 1. The molecule has 0 bridgehead atoms. The van der Waals surface area contributed by atoms with Gasteiger partial charge in [-0.05, 0) is 29.9 Å². The Morgan fingerprint density at radius 1 is 1.38 bits per heavy atom. The standard InChI is InChI=1S/C15H20O/c1-11-5-7-13(8-6-11)12(2)15(3,4)9-14-10-16-14/h5-8,14H,2,9-10H2,1,3-4H3/t14-/m1/s1. The first-order valence-corrected chi connectivity index (χ1v) is 5.87. The quantitative estimate of drug-likeness (QED) is 0.697. The van der Waals surface area contributed by atoms with E-state index in [2.05, 4.69) is 51.6 Å². The fraction of sp³-hybridized carbons (Fsp3) is 0.467. The van der Waals surface area contributed by atoms with Crippen LogP contribution in [0.15, 0.2) is 30.8 Å². The summed E-state index contributed by atoms with van der Waals surface area (Å²) in [5.74, 6) is 0. The maximum atomic E-state index is 5.31. The van der Waals surface area contributed by atoms with Gasteiger partial charge in [0.25, 0.3) is 0 Å². The summed E-state index contributed by atoms with van der Waals surface area (Å²) in [6.07, 6.45) is 1.52. The van der Waals surface area contributed by atoms with Crippen molar-refractivity contribution in [3.8, 4) is 0 Å². The van der Waals surface area contributed by atoms with Crippen molar-refractivity contribution in [2.45, 2.75) is 33.3 Å². The predicted octanol–water partition coefficient (Wildman–Crippen LogP) is 3.82. The zero-order chi connectivity index (χ0) is 11.8. The van der Waals surface area contributed by atoms with Gasteiger partial charge in [0.2, 0.25) is 0 Å². The molecule has 1 saturated heterocycles. The van der Waals surface area contributed by atoms with Crippen LogP contribution in [0.25, 0.3) is 5.57 Å². The monoisotopic (exact) mass is 216 g/mol. The molecule has 1 nitrogen and oxygen atoms in total. The smallest absolute Gasteiger partial charge is 0.0818 e. The number of rotatable bonds is 4. The summed E-state index contributed by atoms with van der Waals surface area (Å²) in [6, 6.07) is 8.61. The van der Waals surface area contributed by atoms with Crippen LogP contribution in [-0.4, -0.2) is 12.7 Å². The van der Waals surface area contributed by atoms with Gasteiger partial charge in [0.1, 0.15) is 0 Å². The highest BCUT2D eigenvalue weighted by Crippen LogP contribution is 2.39. The minimum absolute atomic E-state index is 0.121. The summed E-state index contributed by atoms with van der Waals surface area (Å²) in [4.78, 5) is 0. The van der Waals surface area contributed by atoms with Crippen molar-refractivity contribution in [3.05, 3.63) is 42.0 Å². The van der Waals surface area contributed by atoms with Gasteiger partial charge in [-0.25, -0.2) is 0 Å². The zero-order valence-electron chi connectivity index (χ0n) is 10.4. The number of hydrogen-bond acceptors (Lipinski definition) is 1. The second kappa shape index (κ2) is 4.06. The molecule has 0 aromatic heterocycles. The summed E-state index contributed by atoms with van der Waals surface area (Å²) in [5.41, 5.74) is 3.87. The molecule has 1 aliphatic rings. The van der Waals surface area contributed by atoms with Gasteiger partial charge in [0, 0.05) is 0 Å². The molecule has 1 fully saturated rings. The lowest BCUT2D eigenvalue weighted by molar-refractivity contribution is 0.335. The average Bonchev–Trinajstić information content (AvgIpc) is 3.01. The lowest BCUT2D eigenvalue weighted by Gasteiger charge is -2.27. The Labute approximate surface area is 98.1 Å². The second-order valence-corrected chi connectivity index (χ2v) is 5.39. The van der Waals surface area contributed by atoms with E-state index in [4.69, 9.17) is 4.74 Å². The number of allylic oxidation sites excluding steroid dienone is 1. The highest BCUT2D eigenvalue weighted by atomic mass is 16.6.